The van der Waals surface area contributed by atoms with Crippen molar-refractivity contribution in [3.05, 3.63) is 35.9 Å². The van der Waals surface area contributed by atoms with Crippen LogP contribution in [0.3, 0.4) is 0 Å². The summed E-state index contributed by atoms with van der Waals surface area (Å²) < 4.78 is 5.48. The minimum absolute atomic E-state index is 0.0140. The number of hydrogen-bond donors (Lipinski definition) is 0. The quantitative estimate of drug-likeness (QED) is 0.698. The van der Waals surface area contributed by atoms with Gasteiger partial charge in [0.05, 0.1) is 13.2 Å². The Kier molecular flexibility index (Phi) is 8.11. The molecule has 6 nitrogen and oxygen atoms in total. The normalized spacial score (nSPS) is 19.8. The monoisotopic (exact) mass is 429 g/mol. The van der Waals surface area contributed by atoms with Crippen LogP contribution in [0.5, 0.6) is 0 Å². The van der Waals surface area contributed by atoms with Gasteiger partial charge in [0.25, 0.3) is 0 Å². The Bertz CT molecular complexity index is 717. The molecule has 1 aromatic carbocycles. The molecular weight excluding hydrogens is 390 g/mol. The minimum atomic E-state index is -0.372. The summed E-state index contributed by atoms with van der Waals surface area (Å²) in [6, 6.07) is 10.4. The zero-order chi connectivity index (χ0) is 22.4. The second-order valence-corrected chi connectivity index (χ2v) is 10.0. The summed E-state index contributed by atoms with van der Waals surface area (Å²) in [6.45, 7) is 14.2. The molecule has 172 valence electrons. The molecule has 3 rings (SSSR count). The van der Waals surface area contributed by atoms with Crippen LogP contribution in [-0.4, -0.2) is 78.5 Å². The molecule has 0 bridgehead atoms. The van der Waals surface area contributed by atoms with E-state index in [0.29, 0.717) is 19.6 Å². The van der Waals surface area contributed by atoms with Crippen molar-refractivity contribution in [3.8, 4) is 0 Å². The van der Waals surface area contributed by atoms with E-state index in [1.807, 2.05) is 43.9 Å². The van der Waals surface area contributed by atoms with Crippen molar-refractivity contribution in [2.24, 2.45) is 11.3 Å². The third-order valence-electron chi connectivity index (χ3n) is 6.41. The molecule has 2 aliphatic heterocycles. The molecule has 2 fully saturated rings. The number of hydrogen-bond acceptors (Lipinski definition) is 4. The zero-order valence-corrected chi connectivity index (χ0v) is 19.7. The summed E-state index contributed by atoms with van der Waals surface area (Å²) in [4.78, 5) is 32.6. The van der Waals surface area contributed by atoms with Crippen molar-refractivity contribution in [2.75, 3.05) is 45.9 Å². The van der Waals surface area contributed by atoms with Gasteiger partial charge < -0.3 is 14.5 Å². The molecule has 1 atom stereocenters. The van der Waals surface area contributed by atoms with E-state index in [1.54, 1.807) is 0 Å². The Morgan fingerprint density at radius 2 is 1.68 bits per heavy atom. The van der Waals surface area contributed by atoms with E-state index < -0.39 is 0 Å². The van der Waals surface area contributed by atoms with E-state index in [4.69, 9.17) is 4.74 Å². The van der Waals surface area contributed by atoms with Gasteiger partial charge in [-0.25, -0.2) is 0 Å². The molecule has 1 aromatic rings. The summed E-state index contributed by atoms with van der Waals surface area (Å²) in [5.41, 5.74) is 0.785. The van der Waals surface area contributed by atoms with Crippen LogP contribution in [0.1, 0.15) is 46.1 Å². The van der Waals surface area contributed by atoms with Crippen LogP contribution >= 0.6 is 0 Å². The van der Waals surface area contributed by atoms with Crippen molar-refractivity contribution in [3.63, 3.8) is 0 Å². The van der Waals surface area contributed by atoms with Crippen LogP contribution < -0.4 is 0 Å². The number of amides is 2. The summed E-state index contributed by atoms with van der Waals surface area (Å²) in [6.07, 6.45) is 1.49. The number of carbonyl (C=O) groups excluding carboxylic acids is 2. The number of morpholine rings is 1. The minimum Gasteiger partial charge on any atom is -0.379 e. The first-order valence-electron chi connectivity index (χ1n) is 11.7. The van der Waals surface area contributed by atoms with Crippen molar-refractivity contribution in [1.82, 2.24) is 14.7 Å². The lowest BCUT2D eigenvalue weighted by atomic mass is 9.90. The molecule has 0 aliphatic carbocycles. The van der Waals surface area contributed by atoms with E-state index in [9.17, 15) is 9.59 Å². The number of carbonyl (C=O) groups is 2. The standard InChI is InChI=1S/C25H39N3O3/c1-20(18-26-14-16-31-17-15-26)28(19-21-8-6-5-7-9-21)23(29)22-10-12-27(13-11-22)24(30)25(2,3)4/h5-9,20,22H,10-19H2,1-4H3. The first-order valence-corrected chi connectivity index (χ1v) is 11.7. The van der Waals surface area contributed by atoms with Crippen LogP contribution in [-0.2, 0) is 20.9 Å². The number of ether oxygens (including phenoxy) is 1. The van der Waals surface area contributed by atoms with E-state index in [-0.39, 0.29) is 29.2 Å². The predicted molar refractivity (Wildman–Crippen MR) is 122 cm³/mol. The lowest BCUT2D eigenvalue weighted by molar-refractivity contribution is -0.146. The van der Waals surface area contributed by atoms with Gasteiger partial charge in [0, 0.05) is 56.6 Å². The third kappa shape index (κ3) is 6.53. The lowest BCUT2D eigenvalue weighted by Crippen LogP contribution is -2.51. The molecule has 0 radical (unpaired) electrons. The van der Waals surface area contributed by atoms with Crippen LogP contribution in [0.15, 0.2) is 30.3 Å². The van der Waals surface area contributed by atoms with E-state index in [2.05, 4.69) is 28.9 Å². The summed E-state index contributed by atoms with van der Waals surface area (Å²) >= 11 is 0. The fraction of sp³-hybridized carbons (Fsp3) is 0.680. The number of likely N-dealkylation sites (tertiary alicyclic amines) is 1. The Morgan fingerprint density at radius 3 is 2.26 bits per heavy atom. The van der Waals surface area contributed by atoms with Crippen LogP contribution in [0.25, 0.3) is 0 Å². The molecule has 2 amide bonds. The Labute approximate surface area is 187 Å². The zero-order valence-electron chi connectivity index (χ0n) is 19.7. The Morgan fingerprint density at radius 1 is 1.06 bits per heavy atom. The molecule has 0 spiro atoms. The first kappa shape index (κ1) is 23.7. The predicted octanol–water partition coefficient (Wildman–Crippen LogP) is 3.02. The maximum Gasteiger partial charge on any atom is 0.227 e. The van der Waals surface area contributed by atoms with Crippen LogP contribution in [0.2, 0.25) is 0 Å². The average molecular weight is 430 g/mol. The van der Waals surface area contributed by atoms with Gasteiger partial charge in [0.2, 0.25) is 11.8 Å². The fourth-order valence-electron chi connectivity index (χ4n) is 4.53. The topological polar surface area (TPSA) is 53.1 Å². The van der Waals surface area contributed by atoms with E-state index >= 15 is 0 Å². The van der Waals surface area contributed by atoms with Gasteiger partial charge in [-0.05, 0) is 25.3 Å². The number of rotatable bonds is 6. The van der Waals surface area contributed by atoms with Crippen LogP contribution in [0, 0.1) is 11.3 Å². The third-order valence-corrected chi connectivity index (χ3v) is 6.41. The average Bonchev–Trinajstić information content (AvgIpc) is 2.77. The van der Waals surface area contributed by atoms with Gasteiger partial charge in [0.15, 0.2) is 0 Å². The van der Waals surface area contributed by atoms with Crippen molar-refractivity contribution in [2.45, 2.75) is 53.1 Å². The van der Waals surface area contributed by atoms with Gasteiger partial charge in [-0.2, -0.15) is 0 Å². The second kappa shape index (κ2) is 10.6. The summed E-state index contributed by atoms with van der Waals surface area (Å²) in [7, 11) is 0. The van der Waals surface area contributed by atoms with Crippen molar-refractivity contribution >= 4 is 11.8 Å². The molecule has 2 heterocycles. The first-order chi connectivity index (χ1) is 14.8. The largest absolute Gasteiger partial charge is 0.379 e. The van der Waals surface area contributed by atoms with E-state index in [0.717, 1.165) is 51.3 Å². The summed E-state index contributed by atoms with van der Waals surface area (Å²) in [5, 5.41) is 0. The molecular formula is C25H39N3O3. The molecule has 1 unspecified atom stereocenters. The molecule has 31 heavy (non-hydrogen) atoms. The van der Waals surface area contributed by atoms with Gasteiger partial charge in [-0.1, -0.05) is 51.1 Å². The van der Waals surface area contributed by atoms with Crippen molar-refractivity contribution < 1.29 is 14.3 Å². The number of piperidine rings is 1. The summed E-state index contributed by atoms with van der Waals surface area (Å²) in [5.74, 6) is 0.396. The number of nitrogens with zero attached hydrogens (tertiary/aromatic N) is 3. The molecule has 0 saturated carbocycles. The maximum atomic E-state index is 13.6. The second-order valence-electron chi connectivity index (χ2n) is 10.0. The smallest absolute Gasteiger partial charge is 0.227 e. The highest BCUT2D eigenvalue weighted by Crippen LogP contribution is 2.26. The fourth-order valence-corrected chi connectivity index (χ4v) is 4.53. The molecule has 6 heteroatoms. The van der Waals surface area contributed by atoms with Crippen LogP contribution in [0.4, 0.5) is 0 Å². The van der Waals surface area contributed by atoms with E-state index in [1.165, 1.54) is 0 Å². The Hall–Kier alpha value is -1.92. The lowest BCUT2D eigenvalue weighted by Gasteiger charge is -2.40. The van der Waals surface area contributed by atoms with Gasteiger partial charge in [-0.15, -0.1) is 0 Å². The molecule has 2 aliphatic rings. The SMILES string of the molecule is CC(CN1CCOCC1)N(Cc1ccccc1)C(=O)C1CCN(C(=O)C(C)(C)C)CC1. The highest BCUT2D eigenvalue weighted by atomic mass is 16.5. The van der Waals surface area contributed by atoms with Gasteiger partial charge >= 0.3 is 0 Å². The van der Waals surface area contributed by atoms with Crippen molar-refractivity contribution in [1.29, 1.82) is 0 Å². The number of benzene rings is 1. The highest BCUT2D eigenvalue weighted by molar-refractivity contribution is 5.83. The maximum absolute atomic E-state index is 13.6. The highest BCUT2D eigenvalue weighted by Gasteiger charge is 2.35. The Balaban J connectivity index is 1.66. The molecule has 2 saturated heterocycles. The molecule has 0 aromatic heterocycles. The van der Waals surface area contributed by atoms with Gasteiger partial charge in [0.1, 0.15) is 0 Å². The molecule has 0 N–H and O–H groups in total. The van der Waals surface area contributed by atoms with Gasteiger partial charge in [-0.3, -0.25) is 14.5 Å².